The Morgan fingerprint density at radius 1 is 0.594 bits per heavy atom. The number of carbonyl (C=O) groups is 2. The number of halogens is 5. The molecule has 64 heavy (non-hydrogen) atoms. The zero-order valence-corrected chi connectivity index (χ0v) is 37.4. The Morgan fingerprint density at radius 3 is 1.38 bits per heavy atom. The molecule has 0 radical (unpaired) electrons. The van der Waals surface area contributed by atoms with E-state index in [1.165, 1.54) is 28.9 Å². The minimum atomic E-state index is -4.46. The van der Waals surface area contributed by atoms with E-state index in [0.717, 1.165) is 12.1 Å². The van der Waals surface area contributed by atoms with Gasteiger partial charge in [-0.25, -0.2) is 4.39 Å². The van der Waals surface area contributed by atoms with Gasteiger partial charge in [0.1, 0.15) is 16.9 Å². The summed E-state index contributed by atoms with van der Waals surface area (Å²) in [7, 11) is 0. The highest BCUT2D eigenvalue weighted by Crippen LogP contribution is 2.33. The van der Waals surface area contributed by atoms with E-state index < -0.39 is 45.9 Å². The lowest BCUT2D eigenvalue weighted by molar-refractivity contribution is -0.137. The molecule has 0 fully saturated rings. The molecule has 0 saturated carbocycles. The molecule has 0 spiro atoms. The first-order valence-electron chi connectivity index (χ1n) is 19.6. The van der Waals surface area contributed by atoms with Crippen LogP contribution in [-0.4, -0.2) is 63.3 Å². The Balaban J connectivity index is 0.000000241. The van der Waals surface area contributed by atoms with Crippen LogP contribution in [0.1, 0.15) is 107 Å². The summed E-state index contributed by atoms with van der Waals surface area (Å²) < 4.78 is 56.1. The van der Waals surface area contributed by atoms with Gasteiger partial charge in [-0.1, -0.05) is 71.3 Å². The van der Waals surface area contributed by atoms with Gasteiger partial charge in [-0.2, -0.15) is 33.1 Å². The van der Waals surface area contributed by atoms with Gasteiger partial charge < -0.3 is 10.6 Å². The Bertz CT molecular complexity index is 2790. The van der Waals surface area contributed by atoms with E-state index in [4.69, 9.17) is 11.6 Å². The van der Waals surface area contributed by atoms with Gasteiger partial charge in [0.15, 0.2) is 11.6 Å². The van der Waals surface area contributed by atoms with Crippen LogP contribution in [0.25, 0.3) is 33.6 Å². The van der Waals surface area contributed by atoms with Crippen molar-refractivity contribution in [2.24, 2.45) is 0 Å². The third kappa shape index (κ3) is 11.5. The number of carbonyl (C=O) groups excluding carboxylic acids is 2. The lowest BCUT2D eigenvalue weighted by Gasteiger charge is -2.20. The number of hydrogen-bond donors (Lipinski definition) is 2. The number of nitrogens with zero attached hydrogens (tertiary/aromatic N) is 10. The van der Waals surface area contributed by atoms with Crippen molar-refractivity contribution in [1.82, 2.24) is 51.0 Å². The maximum absolute atomic E-state index is 14.1. The Kier molecular flexibility index (Phi) is 13.5. The van der Waals surface area contributed by atoms with Crippen LogP contribution < -0.4 is 10.6 Å². The smallest absolute Gasteiger partial charge is 0.334 e. The van der Waals surface area contributed by atoms with Crippen LogP contribution in [-0.2, 0) is 17.0 Å². The van der Waals surface area contributed by atoms with Gasteiger partial charge in [-0.05, 0) is 131 Å². The van der Waals surface area contributed by atoms with Crippen molar-refractivity contribution >= 4 is 23.4 Å². The molecule has 0 bridgehead atoms. The van der Waals surface area contributed by atoms with Crippen molar-refractivity contribution in [2.75, 3.05) is 0 Å². The summed E-state index contributed by atoms with van der Waals surface area (Å²) in [5.41, 5.74) is -0.181. The predicted molar refractivity (Wildman–Crippen MR) is 231 cm³/mol. The Morgan fingerprint density at radius 2 is 1.00 bits per heavy atom. The van der Waals surface area contributed by atoms with Crippen molar-refractivity contribution in [1.29, 1.82) is 10.5 Å². The van der Waals surface area contributed by atoms with Crippen LogP contribution in [0.15, 0.2) is 78.9 Å². The topological polar surface area (TPSA) is 193 Å². The number of alkyl halides is 3. The van der Waals surface area contributed by atoms with Gasteiger partial charge in [-0.15, -0.1) is 10.2 Å². The molecule has 6 rings (SSSR count). The second kappa shape index (κ2) is 18.0. The number of rotatable bonds is 8. The molecule has 0 saturated heterocycles. The number of hydrogen-bond acceptors (Lipinski definition) is 10. The monoisotopic (exact) mass is 896 g/mol. The third-order valence-electron chi connectivity index (χ3n) is 9.34. The second-order valence-electron chi connectivity index (χ2n) is 18.0. The van der Waals surface area contributed by atoms with Crippen molar-refractivity contribution < 1.29 is 27.2 Å². The zero-order valence-electron chi connectivity index (χ0n) is 36.7. The lowest BCUT2D eigenvalue weighted by atomic mass is 9.95. The van der Waals surface area contributed by atoms with Crippen LogP contribution in [0.5, 0.6) is 0 Å². The fourth-order valence-corrected chi connectivity index (χ4v) is 6.13. The van der Waals surface area contributed by atoms with E-state index in [9.17, 15) is 37.7 Å². The van der Waals surface area contributed by atoms with Crippen molar-refractivity contribution in [2.45, 2.75) is 97.3 Å². The fraction of sp³-hybridized carbons (Fsp3) is 0.333. The first kappa shape index (κ1) is 48.0. The zero-order chi connectivity index (χ0) is 47.6. The minimum absolute atomic E-state index is 0.00383. The Labute approximate surface area is 372 Å². The number of tetrazole rings is 2. The number of aromatic nitrogens is 8. The quantitative estimate of drug-likeness (QED) is 0.139. The maximum atomic E-state index is 14.1. The summed E-state index contributed by atoms with van der Waals surface area (Å²) >= 11 is 5.82. The molecule has 4 aromatic carbocycles. The van der Waals surface area contributed by atoms with Gasteiger partial charge >= 0.3 is 6.18 Å². The van der Waals surface area contributed by atoms with Crippen LogP contribution in [0, 0.1) is 28.5 Å². The molecule has 2 heterocycles. The summed E-state index contributed by atoms with van der Waals surface area (Å²) in [5.74, 6) is -0.401. The van der Waals surface area contributed by atoms with Gasteiger partial charge in [0, 0.05) is 22.0 Å². The van der Waals surface area contributed by atoms with E-state index in [-0.39, 0.29) is 21.6 Å². The molecule has 14 nitrogen and oxygen atoms in total. The van der Waals surface area contributed by atoms with Gasteiger partial charge in [-0.3, -0.25) is 9.59 Å². The number of nitriles is 2. The van der Waals surface area contributed by atoms with Gasteiger partial charge in [0.25, 0.3) is 11.8 Å². The normalized spacial score (nSPS) is 12.1. The van der Waals surface area contributed by atoms with Crippen molar-refractivity contribution in [3.8, 4) is 45.8 Å². The number of benzene rings is 4. The summed E-state index contributed by atoms with van der Waals surface area (Å²) in [6.45, 7) is 18.0. The second-order valence-corrected chi connectivity index (χ2v) is 18.4. The molecule has 332 valence electrons. The molecule has 0 aliphatic rings. The van der Waals surface area contributed by atoms with Crippen molar-refractivity contribution in [3.05, 3.63) is 118 Å². The highest BCUT2D eigenvalue weighted by Gasteiger charge is 2.31. The molecule has 2 N–H and O–H groups in total. The molecule has 0 atom stereocenters. The molecule has 19 heteroatoms. The molecule has 0 unspecified atom stereocenters. The molecule has 0 aliphatic heterocycles. The standard InChI is InChI=1S/C23H23F3N6O.C22H22ClFN6O/c1-21(2,3)20-29-30-31-32(20)18-11-15(14-6-8-17(9-7-14)23(24,25)26)10-16(12-18)19(33)28-22(4,5)13-27;1-21(2,3)20-27-28-29-30(20)16-9-14(13-6-7-17(23)18(24)11-13)8-15(10-16)19(31)26-22(4,5)12-25/h6-12H,1-5H3,(H,28,33);6-11H,1-5H3,(H,26,31). The largest absolute Gasteiger partial charge is 0.416 e. The molecule has 2 amide bonds. The summed E-state index contributed by atoms with van der Waals surface area (Å²) in [6, 6.07) is 22.9. The average molecular weight is 897 g/mol. The van der Waals surface area contributed by atoms with Gasteiger partial charge in [0.05, 0.1) is 34.1 Å². The predicted octanol–water partition coefficient (Wildman–Crippen LogP) is 9.13. The summed E-state index contributed by atoms with van der Waals surface area (Å²) in [4.78, 5) is 25.8. The molecule has 2 aromatic heterocycles. The van der Waals surface area contributed by atoms with E-state index in [1.54, 1.807) is 74.8 Å². The Hall–Kier alpha value is -7.05. The van der Waals surface area contributed by atoms with Crippen LogP contribution in [0.4, 0.5) is 17.6 Å². The van der Waals surface area contributed by atoms with E-state index in [2.05, 4.69) is 41.7 Å². The maximum Gasteiger partial charge on any atom is 0.416 e. The fourth-order valence-electron chi connectivity index (χ4n) is 6.02. The van der Waals surface area contributed by atoms with Gasteiger partial charge in [0.2, 0.25) is 0 Å². The summed E-state index contributed by atoms with van der Waals surface area (Å²) in [6.07, 6.45) is -4.46. The van der Waals surface area contributed by atoms with E-state index in [1.807, 2.05) is 53.7 Å². The van der Waals surface area contributed by atoms with Crippen LogP contribution in [0.2, 0.25) is 5.02 Å². The summed E-state index contributed by atoms with van der Waals surface area (Å²) in [5, 5.41) is 47.7. The van der Waals surface area contributed by atoms with E-state index >= 15 is 0 Å². The first-order valence-corrected chi connectivity index (χ1v) is 20.0. The number of nitrogens with one attached hydrogen (secondary N) is 2. The SMILES string of the molecule is CC(C)(C#N)NC(=O)c1cc(-c2ccc(C(F)(F)F)cc2)cc(-n2nnnc2C(C)(C)C)c1.CC(C)(C#N)NC(=O)c1cc(-c2ccc(Cl)c(F)c2)cc(-n2nnnc2C(C)(C)C)c1. The average Bonchev–Trinajstić information content (AvgIpc) is 3.93. The van der Waals surface area contributed by atoms with Crippen molar-refractivity contribution in [3.63, 3.8) is 0 Å². The minimum Gasteiger partial charge on any atom is -0.334 e. The number of amides is 2. The molecular weight excluding hydrogens is 852 g/mol. The highest BCUT2D eigenvalue weighted by molar-refractivity contribution is 6.30. The lowest BCUT2D eigenvalue weighted by Crippen LogP contribution is -2.42. The molecule has 6 aromatic rings. The van der Waals surface area contributed by atoms with Crippen LogP contribution in [0.3, 0.4) is 0 Å². The van der Waals surface area contributed by atoms with Crippen LogP contribution >= 0.6 is 11.6 Å². The first-order chi connectivity index (χ1) is 29.6. The van der Waals surface area contributed by atoms with E-state index in [0.29, 0.717) is 45.3 Å². The third-order valence-corrected chi connectivity index (χ3v) is 9.65. The molecular formula is C45H45ClF4N12O2. The highest BCUT2D eigenvalue weighted by atomic mass is 35.5. The molecule has 0 aliphatic carbocycles.